The third-order valence-electron chi connectivity index (χ3n) is 3.32. The van der Waals surface area contributed by atoms with Crippen molar-refractivity contribution in [3.05, 3.63) is 79.0 Å². The van der Waals surface area contributed by atoms with Crippen molar-refractivity contribution in [1.29, 1.82) is 0 Å². The zero-order valence-electron chi connectivity index (χ0n) is 10.3. The maximum atomic E-state index is 12.9. The highest BCUT2D eigenvalue weighted by atomic mass is 19.1. The van der Waals surface area contributed by atoms with Gasteiger partial charge in [0.05, 0.1) is 0 Å². The third kappa shape index (κ3) is 2.70. The summed E-state index contributed by atoms with van der Waals surface area (Å²) >= 11 is 0. The van der Waals surface area contributed by atoms with Crippen molar-refractivity contribution in [2.75, 3.05) is 0 Å². The average molecular weight is 254 g/mol. The van der Waals surface area contributed by atoms with Crippen molar-refractivity contribution in [2.24, 2.45) is 0 Å². The van der Waals surface area contributed by atoms with E-state index in [2.05, 4.69) is 5.32 Å². The first-order chi connectivity index (χ1) is 9.22. The summed E-state index contributed by atoms with van der Waals surface area (Å²) in [5.74, 6) is 0.733. The van der Waals surface area contributed by atoms with Crippen molar-refractivity contribution >= 4 is 5.91 Å². The Morgan fingerprint density at radius 1 is 1.11 bits per heavy atom. The Bertz CT molecular complexity index is 500. The Hall–Kier alpha value is -1.64. The smallest absolute Gasteiger partial charge is 0.225 e. The van der Waals surface area contributed by atoms with E-state index < -0.39 is 0 Å². The number of amides is 1. The Kier molecular flexibility index (Phi) is 3.36. The molecule has 1 N–H and O–H groups in total. The Morgan fingerprint density at radius 3 is 2.47 bits per heavy atom. The number of benzene rings is 1. The highest BCUT2D eigenvalue weighted by Crippen LogP contribution is 2.34. The summed E-state index contributed by atoms with van der Waals surface area (Å²) < 4.78 is 12.9. The van der Waals surface area contributed by atoms with Crippen LogP contribution in [0, 0.1) is 37.4 Å². The van der Waals surface area contributed by atoms with Gasteiger partial charge in [-0.3, -0.25) is 4.79 Å². The molecule has 1 fully saturated rings. The molecule has 3 heteroatoms. The average Bonchev–Trinajstić information content (AvgIpc) is 2.93. The normalized spacial score (nSPS) is 24.2. The zero-order chi connectivity index (χ0) is 13.2. The van der Waals surface area contributed by atoms with Crippen LogP contribution in [0.15, 0.2) is 36.0 Å². The van der Waals surface area contributed by atoms with Crippen LogP contribution >= 0.6 is 0 Å². The van der Waals surface area contributed by atoms with Crippen molar-refractivity contribution < 1.29 is 9.18 Å². The maximum absolute atomic E-state index is 12.9. The third-order valence-corrected chi connectivity index (χ3v) is 3.32. The van der Waals surface area contributed by atoms with Crippen LogP contribution in [0.3, 0.4) is 0 Å². The predicted octanol–water partition coefficient (Wildman–Crippen LogP) is 2.72. The highest BCUT2D eigenvalue weighted by Gasteiger charge is 2.28. The molecule has 1 amide bonds. The highest BCUT2D eigenvalue weighted by molar-refractivity contribution is 5.82. The van der Waals surface area contributed by atoms with Crippen molar-refractivity contribution in [2.45, 2.75) is 12.3 Å². The fourth-order valence-corrected chi connectivity index (χ4v) is 2.35. The Balaban J connectivity index is 1.85. The van der Waals surface area contributed by atoms with Crippen LogP contribution in [0.2, 0.25) is 0 Å². The number of nitrogens with one attached hydrogen (secondary N) is 1. The van der Waals surface area contributed by atoms with Gasteiger partial charge in [0.25, 0.3) is 0 Å². The summed E-state index contributed by atoms with van der Waals surface area (Å²) in [5.41, 5.74) is 1.79. The Morgan fingerprint density at radius 2 is 1.79 bits per heavy atom. The van der Waals surface area contributed by atoms with E-state index in [1.165, 1.54) is 12.1 Å². The fraction of sp³-hybridized carbons (Fsp3) is 0.125. The van der Waals surface area contributed by atoms with E-state index >= 15 is 0 Å². The van der Waals surface area contributed by atoms with Crippen LogP contribution < -0.4 is 5.32 Å². The summed E-state index contributed by atoms with van der Waals surface area (Å²) in [4.78, 5) is 11.8. The minimum atomic E-state index is -0.260. The molecule has 0 saturated heterocycles. The number of hydrogen-bond donors (Lipinski definition) is 1. The number of allylic oxidation sites excluding steroid dienone is 2. The van der Waals surface area contributed by atoms with Gasteiger partial charge in [-0.25, -0.2) is 4.39 Å². The molecule has 1 aromatic rings. The number of hydrogen-bond acceptors (Lipinski definition) is 1. The van der Waals surface area contributed by atoms with Gasteiger partial charge in [0.15, 0.2) is 0 Å². The topological polar surface area (TPSA) is 29.1 Å². The molecule has 2 aliphatic rings. The van der Waals surface area contributed by atoms with E-state index in [9.17, 15) is 9.18 Å². The summed E-state index contributed by atoms with van der Waals surface area (Å²) in [6, 6.07) is 6.32. The van der Waals surface area contributed by atoms with Crippen LogP contribution in [-0.2, 0) is 4.79 Å². The van der Waals surface area contributed by atoms with Gasteiger partial charge >= 0.3 is 0 Å². The van der Waals surface area contributed by atoms with Crippen molar-refractivity contribution in [3.8, 4) is 0 Å². The molecule has 19 heavy (non-hydrogen) atoms. The SMILES string of the molecule is O=C1CC(c2ccc(F)cc2)C=C([C]2[CH][CH][CH][CH]2)N1. The molecule has 95 valence electrons. The fourth-order valence-electron chi connectivity index (χ4n) is 2.35. The van der Waals surface area contributed by atoms with Gasteiger partial charge < -0.3 is 5.32 Å². The van der Waals surface area contributed by atoms with Gasteiger partial charge in [-0.2, -0.15) is 0 Å². The molecule has 1 aromatic carbocycles. The molecule has 5 radical (unpaired) electrons. The predicted molar refractivity (Wildman–Crippen MR) is 70.4 cm³/mol. The minimum Gasteiger partial charge on any atom is -0.329 e. The minimum absolute atomic E-state index is 0.000694. The van der Waals surface area contributed by atoms with Gasteiger partial charge in [0.2, 0.25) is 5.91 Å². The summed E-state index contributed by atoms with van der Waals surface area (Å²) in [7, 11) is 0. The van der Waals surface area contributed by atoms with Gasteiger partial charge in [0.1, 0.15) is 5.82 Å². The lowest BCUT2D eigenvalue weighted by Crippen LogP contribution is -2.31. The van der Waals surface area contributed by atoms with E-state index in [1.54, 1.807) is 12.1 Å². The quantitative estimate of drug-likeness (QED) is 0.863. The lowest BCUT2D eigenvalue weighted by atomic mass is 9.88. The molecule has 0 aromatic heterocycles. The maximum Gasteiger partial charge on any atom is 0.225 e. The first kappa shape index (κ1) is 12.4. The van der Waals surface area contributed by atoms with Crippen LogP contribution in [-0.4, -0.2) is 5.91 Å². The molecule has 3 rings (SSSR count). The van der Waals surface area contributed by atoms with Crippen LogP contribution in [0.1, 0.15) is 17.9 Å². The molecule has 0 spiro atoms. The zero-order valence-corrected chi connectivity index (χ0v) is 10.3. The standard InChI is InChI=1S/C16H13FNO/c17-14-7-5-11(6-8-14)13-9-15(18-16(19)10-13)12-3-1-2-4-12/h1-9,13H,10H2,(H,18,19). The molecule has 1 atom stereocenters. The number of rotatable bonds is 2. The van der Waals surface area contributed by atoms with E-state index in [1.807, 2.05) is 31.8 Å². The van der Waals surface area contributed by atoms with E-state index in [0.29, 0.717) is 6.42 Å². The van der Waals surface area contributed by atoms with Crippen molar-refractivity contribution in [1.82, 2.24) is 5.32 Å². The van der Waals surface area contributed by atoms with Crippen LogP contribution in [0.25, 0.3) is 0 Å². The molecule has 0 bridgehead atoms. The number of carbonyl (C=O) groups excluding carboxylic acids is 1. The second kappa shape index (κ2) is 5.16. The molecule has 1 heterocycles. The molecule has 1 unspecified atom stereocenters. The number of halogens is 1. The first-order valence-electron chi connectivity index (χ1n) is 6.21. The second-order valence-electron chi connectivity index (χ2n) is 4.66. The van der Waals surface area contributed by atoms with Crippen LogP contribution in [0.4, 0.5) is 4.39 Å². The van der Waals surface area contributed by atoms with Crippen molar-refractivity contribution in [3.63, 3.8) is 0 Å². The summed E-state index contributed by atoms with van der Waals surface area (Å²) in [5, 5.41) is 2.88. The molecule has 1 aliphatic heterocycles. The molecule has 1 saturated carbocycles. The van der Waals surface area contributed by atoms with E-state index in [0.717, 1.165) is 17.2 Å². The molecule has 2 nitrogen and oxygen atoms in total. The van der Waals surface area contributed by atoms with Gasteiger partial charge in [0, 0.05) is 24.0 Å². The molecule has 1 aliphatic carbocycles. The first-order valence-corrected chi connectivity index (χ1v) is 6.21. The van der Waals surface area contributed by atoms with Gasteiger partial charge in [-0.15, -0.1) is 0 Å². The monoisotopic (exact) mass is 254 g/mol. The second-order valence-corrected chi connectivity index (χ2v) is 4.66. The van der Waals surface area contributed by atoms with Crippen LogP contribution in [0.5, 0.6) is 0 Å². The molecular weight excluding hydrogens is 241 g/mol. The Labute approximate surface area is 112 Å². The molecular formula is C16H13FNO. The van der Waals surface area contributed by atoms with E-state index in [4.69, 9.17) is 0 Å². The lowest BCUT2D eigenvalue weighted by Gasteiger charge is -2.25. The van der Waals surface area contributed by atoms with Gasteiger partial charge in [-0.1, -0.05) is 18.2 Å². The number of carbonyl (C=O) groups is 1. The van der Waals surface area contributed by atoms with E-state index in [-0.39, 0.29) is 17.6 Å². The lowest BCUT2D eigenvalue weighted by molar-refractivity contribution is -0.120. The van der Waals surface area contributed by atoms with Gasteiger partial charge in [-0.05, 0) is 43.4 Å². The largest absolute Gasteiger partial charge is 0.329 e. The summed E-state index contributed by atoms with van der Waals surface area (Å²) in [6.07, 6.45) is 10.2. The summed E-state index contributed by atoms with van der Waals surface area (Å²) in [6.45, 7) is 0.